The molecule has 3 nitrogen and oxygen atoms in total. The third kappa shape index (κ3) is 4.35. The molecular weight excluding hydrogens is 362 g/mol. The largest absolute Gasteiger partial charge is 0.752 e. The number of aliphatic imine (C=N–C) groups is 1. The van der Waals surface area contributed by atoms with E-state index in [-0.39, 0.29) is 0 Å². The molecule has 0 amide bonds. The second-order valence-electron chi connectivity index (χ2n) is 6.60. The van der Waals surface area contributed by atoms with E-state index in [1.165, 1.54) is 11.1 Å². The van der Waals surface area contributed by atoms with Gasteiger partial charge in [-0.15, -0.1) is 0 Å². The Bertz CT molecular complexity index is 996. The maximum Gasteiger partial charge on any atom is 0.280 e. The zero-order valence-corrected chi connectivity index (χ0v) is 16.3. The van der Waals surface area contributed by atoms with Gasteiger partial charge in [0.05, 0.1) is 5.69 Å². The first-order valence-electron chi connectivity index (χ1n) is 9.27. The van der Waals surface area contributed by atoms with E-state index in [1.54, 1.807) is 0 Å². The van der Waals surface area contributed by atoms with Gasteiger partial charge in [-0.2, -0.15) is 0 Å². The third-order valence-electron chi connectivity index (χ3n) is 4.54. The van der Waals surface area contributed by atoms with Gasteiger partial charge in [0, 0.05) is 5.04 Å². The van der Waals surface area contributed by atoms with E-state index in [4.69, 9.17) is 17.6 Å². The molecule has 0 bridgehead atoms. The van der Waals surface area contributed by atoms with E-state index in [2.05, 4.69) is 70.1 Å². The summed E-state index contributed by atoms with van der Waals surface area (Å²) in [6.45, 7) is 1.50. The van der Waals surface area contributed by atoms with Crippen LogP contribution in [0.5, 0.6) is 0 Å². The molecule has 1 heterocycles. The van der Waals surface area contributed by atoms with Crippen molar-refractivity contribution in [1.29, 1.82) is 0 Å². The number of benzene rings is 3. The van der Waals surface area contributed by atoms with Crippen LogP contribution in [0.1, 0.15) is 17.0 Å². The van der Waals surface area contributed by atoms with Crippen LogP contribution in [-0.2, 0) is 25.7 Å². The summed E-state index contributed by atoms with van der Waals surface area (Å²) in [5.41, 5.74) is 3.33. The smallest absolute Gasteiger partial charge is 0.280 e. The molecular formula is C24H21N3S. The molecule has 0 radical (unpaired) electrons. The second kappa shape index (κ2) is 8.63. The standard InChI is InChI=1S/C24H21N3S/c28-23(25-22-14-8-3-9-15-22)24-26(18-20-10-4-1-5-11-20)16-17-27(24)19-21-12-6-2-7-13-21/h1-17H,18-19H2. The van der Waals surface area contributed by atoms with Crippen LogP contribution < -0.4 is 4.57 Å². The van der Waals surface area contributed by atoms with Crippen molar-refractivity contribution >= 4 is 23.4 Å². The van der Waals surface area contributed by atoms with Crippen LogP contribution >= 0.6 is 0 Å². The summed E-state index contributed by atoms with van der Waals surface area (Å²) >= 11 is 5.76. The second-order valence-corrected chi connectivity index (χ2v) is 6.99. The molecule has 0 aliphatic rings. The highest BCUT2D eigenvalue weighted by Gasteiger charge is 2.17. The van der Waals surface area contributed by atoms with Crippen molar-refractivity contribution in [3.05, 3.63) is 120 Å². The molecule has 0 saturated heterocycles. The minimum absolute atomic E-state index is 0.586. The minimum atomic E-state index is 0.586. The number of hydrogen-bond acceptors (Lipinski definition) is 2. The summed E-state index contributed by atoms with van der Waals surface area (Å²) in [6.07, 6.45) is 4.16. The van der Waals surface area contributed by atoms with Crippen LogP contribution in [-0.4, -0.2) is 9.61 Å². The fourth-order valence-corrected chi connectivity index (χ4v) is 3.54. The van der Waals surface area contributed by atoms with E-state index in [1.807, 2.05) is 42.5 Å². The topological polar surface area (TPSA) is 21.2 Å². The van der Waals surface area contributed by atoms with Crippen molar-refractivity contribution in [2.75, 3.05) is 0 Å². The number of para-hydroxylation sites is 1. The molecule has 0 aliphatic carbocycles. The molecule has 0 aliphatic heterocycles. The number of rotatable bonds is 6. The molecule has 4 heteroatoms. The summed E-state index contributed by atoms with van der Waals surface area (Å²) in [5.74, 6) is 0.937. The monoisotopic (exact) mass is 383 g/mol. The van der Waals surface area contributed by atoms with Gasteiger partial charge < -0.3 is 12.6 Å². The number of nitrogens with zero attached hydrogens (tertiary/aromatic N) is 3. The lowest BCUT2D eigenvalue weighted by molar-refractivity contribution is -0.688. The molecule has 4 rings (SSSR count). The molecule has 0 spiro atoms. The molecule has 3 aromatic carbocycles. The zero-order chi connectivity index (χ0) is 19.2. The Balaban J connectivity index is 1.73. The van der Waals surface area contributed by atoms with E-state index >= 15 is 0 Å². The Morgan fingerprint density at radius 3 is 2.00 bits per heavy atom. The van der Waals surface area contributed by atoms with Crippen molar-refractivity contribution in [2.24, 2.45) is 4.99 Å². The first-order valence-corrected chi connectivity index (χ1v) is 9.68. The molecule has 0 N–H and O–H groups in total. The normalized spacial score (nSPS) is 11.5. The van der Waals surface area contributed by atoms with Gasteiger partial charge in [-0.1, -0.05) is 78.9 Å². The van der Waals surface area contributed by atoms with Gasteiger partial charge in [-0.3, -0.25) is 4.99 Å². The zero-order valence-electron chi connectivity index (χ0n) is 15.5. The van der Waals surface area contributed by atoms with Gasteiger partial charge in [0.15, 0.2) is 0 Å². The first kappa shape index (κ1) is 18.1. The lowest BCUT2D eigenvalue weighted by Crippen LogP contribution is -2.40. The highest BCUT2D eigenvalue weighted by Crippen LogP contribution is 2.13. The van der Waals surface area contributed by atoms with Crippen molar-refractivity contribution in [2.45, 2.75) is 13.1 Å². The maximum absolute atomic E-state index is 5.76. The number of aromatic nitrogens is 2. The van der Waals surface area contributed by atoms with Gasteiger partial charge >= 0.3 is 0 Å². The van der Waals surface area contributed by atoms with E-state index < -0.39 is 0 Å². The molecule has 0 fully saturated rings. The SMILES string of the molecule is [S-]C(=Nc1ccccc1)c1n(Cc2ccccc2)cc[n+]1Cc1ccccc1. The lowest BCUT2D eigenvalue weighted by Gasteiger charge is -2.12. The number of imidazole rings is 1. The van der Waals surface area contributed by atoms with E-state index in [9.17, 15) is 0 Å². The third-order valence-corrected chi connectivity index (χ3v) is 4.81. The quantitative estimate of drug-likeness (QED) is 0.208. The van der Waals surface area contributed by atoms with Gasteiger partial charge in [-0.05, 0) is 23.3 Å². The van der Waals surface area contributed by atoms with Gasteiger partial charge in [0.1, 0.15) is 25.5 Å². The summed E-state index contributed by atoms with van der Waals surface area (Å²) < 4.78 is 4.35. The van der Waals surface area contributed by atoms with Crippen LogP contribution in [0, 0.1) is 0 Å². The Labute approximate surface area is 171 Å². The van der Waals surface area contributed by atoms with Gasteiger partial charge in [-0.25, -0.2) is 9.13 Å². The van der Waals surface area contributed by atoms with E-state index in [0.717, 1.165) is 24.6 Å². The molecule has 4 aromatic rings. The summed E-state index contributed by atoms with van der Waals surface area (Å²) in [4.78, 5) is 4.70. The fraction of sp³-hybridized carbons (Fsp3) is 0.0833. The van der Waals surface area contributed by atoms with Crippen LogP contribution in [0.4, 0.5) is 5.69 Å². The molecule has 0 unspecified atom stereocenters. The Morgan fingerprint density at radius 1 is 0.786 bits per heavy atom. The Morgan fingerprint density at radius 2 is 1.36 bits per heavy atom. The van der Waals surface area contributed by atoms with Crippen molar-refractivity contribution in [1.82, 2.24) is 4.57 Å². The van der Waals surface area contributed by atoms with Crippen LogP contribution in [0.3, 0.4) is 0 Å². The predicted octanol–water partition coefficient (Wildman–Crippen LogP) is 4.50. The Hall–Kier alpha value is -3.24. The van der Waals surface area contributed by atoms with Crippen LogP contribution in [0.15, 0.2) is 108 Å². The average molecular weight is 384 g/mol. The predicted molar refractivity (Wildman–Crippen MR) is 116 cm³/mol. The summed E-state index contributed by atoms with van der Waals surface area (Å²) in [5, 5.41) is 0.586. The average Bonchev–Trinajstić information content (AvgIpc) is 3.12. The first-order chi connectivity index (χ1) is 13.8. The van der Waals surface area contributed by atoms with Crippen molar-refractivity contribution in [3.63, 3.8) is 0 Å². The molecule has 28 heavy (non-hydrogen) atoms. The van der Waals surface area contributed by atoms with Crippen molar-refractivity contribution in [3.8, 4) is 0 Å². The lowest BCUT2D eigenvalue weighted by atomic mass is 10.2. The van der Waals surface area contributed by atoms with Gasteiger partial charge in [0.25, 0.3) is 5.82 Å². The highest BCUT2D eigenvalue weighted by molar-refractivity contribution is 7.78. The van der Waals surface area contributed by atoms with Gasteiger partial charge in [0.2, 0.25) is 0 Å². The van der Waals surface area contributed by atoms with E-state index in [0.29, 0.717) is 5.04 Å². The van der Waals surface area contributed by atoms with Crippen LogP contribution in [0.2, 0.25) is 0 Å². The fourth-order valence-electron chi connectivity index (χ4n) is 3.20. The molecule has 138 valence electrons. The Kier molecular flexibility index (Phi) is 5.59. The summed E-state index contributed by atoms with van der Waals surface area (Å²) in [7, 11) is 0. The molecule has 1 aromatic heterocycles. The molecule has 0 atom stereocenters. The number of hydrogen-bond donors (Lipinski definition) is 0. The highest BCUT2D eigenvalue weighted by atomic mass is 32.1. The minimum Gasteiger partial charge on any atom is -0.752 e. The van der Waals surface area contributed by atoms with Crippen LogP contribution in [0.25, 0.3) is 0 Å². The maximum atomic E-state index is 5.76. The molecule has 0 saturated carbocycles. The van der Waals surface area contributed by atoms with Crippen molar-refractivity contribution < 1.29 is 4.57 Å². The summed E-state index contributed by atoms with van der Waals surface area (Å²) in [6, 6.07) is 30.7.